The van der Waals surface area contributed by atoms with Crippen molar-refractivity contribution in [3.8, 4) is 5.75 Å². The lowest BCUT2D eigenvalue weighted by Crippen LogP contribution is -2.52. The zero-order valence-electron chi connectivity index (χ0n) is 23.9. The van der Waals surface area contributed by atoms with Gasteiger partial charge in [0.05, 0.1) is 17.2 Å². The molecule has 2 amide bonds. The molecule has 0 saturated heterocycles. The summed E-state index contributed by atoms with van der Waals surface area (Å²) in [4.78, 5) is 28.9. The molecule has 8 nitrogen and oxygen atoms in total. The Bertz CT molecular complexity index is 1400. The number of nitrogens with zero attached hydrogens (tertiary/aromatic N) is 2. The predicted molar refractivity (Wildman–Crippen MR) is 163 cm³/mol. The summed E-state index contributed by atoms with van der Waals surface area (Å²) in [5.74, 6) is -0.278. The van der Waals surface area contributed by atoms with Gasteiger partial charge in [-0.3, -0.25) is 13.9 Å². The van der Waals surface area contributed by atoms with Gasteiger partial charge in [0.1, 0.15) is 18.3 Å². The number of nitrogens with one attached hydrogen (secondary N) is 1. The van der Waals surface area contributed by atoms with Crippen LogP contribution in [0.1, 0.15) is 39.7 Å². The van der Waals surface area contributed by atoms with E-state index in [1.54, 1.807) is 73.7 Å². The normalized spacial score (nSPS) is 12.0. The highest BCUT2D eigenvalue weighted by Gasteiger charge is 2.34. The lowest BCUT2D eigenvalue weighted by atomic mass is 10.1. The van der Waals surface area contributed by atoms with Crippen LogP contribution in [0.25, 0.3) is 0 Å². The van der Waals surface area contributed by atoms with Gasteiger partial charge in [-0.05, 0) is 61.2 Å². The smallest absolute Gasteiger partial charge is 0.264 e. The minimum Gasteiger partial charge on any atom is -0.492 e. The number of ether oxygens (including phenoxy) is 1. The van der Waals surface area contributed by atoms with Crippen molar-refractivity contribution in [2.75, 3.05) is 24.0 Å². The highest BCUT2D eigenvalue weighted by atomic mass is 35.5. The van der Waals surface area contributed by atoms with Gasteiger partial charge in [-0.25, -0.2) is 8.42 Å². The van der Waals surface area contributed by atoms with Crippen LogP contribution in [0.3, 0.4) is 0 Å². The molecule has 220 valence electrons. The van der Waals surface area contributed by atoms with Crippen molar-refractivity contribution >= 4 is 39.1 Å². The Balaban J connectivity index is 2.08. The Kier molecular flexibility index (Phi) is 11.6. The maximum Gasteiger partial charge on any atom is 0.264 e. The lowest BCUT2D eigenvalue weighted by Gasteiger charge is -2.33. The summed E-state index contributed by atoms with van der Waals surface area (Å²) in [5.41, 5.74) is 0.986. The molecule has 3 aromatic carbocycles. The minimum atomic E-state index is -4.19. The van der Waals surface area contributed by atoms with Crippen LogP contribution in [-0.4, -0.2) is 50.9 Å². The first-order chi connectivity index (χ1) is 19.6. The second kappa shape index (κ2) is 14.9. The van der Waals surface area contributed by atoms with Gasteiger partial charge in [0, 0.05) is 18.1 Å². The third kappa shape index (κ3) is 8.47. The van der Waals surface area contributed by atoms with Gasteiger partial charge in [0.15, 0.2) is 0 Å². The number of carbonyl (C=O) groups is 2. The van der Waals surface area contributed by atoms with Crippen molar-refractivity contribution < 1.29 is 22.7 Å². The van der Waals surface area contributed by atoms with Crippen LogP contribution in [0.15, 0.2) is 83.8 Å². The molecule has 0 aliphatic rings. The number of hydrogen-bond acceptors (Lipinski definition) is 5. The number of amides is 2. The standard InChI is InChI=1S/C31H38ClN3O5S/c1-5-27(31(37)33-20-23(3)4)34(21-24-16-18-25(32)19-17-24)30(36)22-35(28-14-10-11-15-29(28)40-6-2)41(38,39)26-12-8-7-9-13-26/h7-19,23,27H,5-6,20-22H2,1-4H3,(H,33,37). The minimum absolute atomic E-state index is 0.0325. The predicted octanol–water partition coefficient (Wildman–Crippen LogP) is 5.51. The van der Waals surface area contributed by atoms with E-state index in [9.17, 15) is 18.0 Å². The number of halogens is 1. The van der Waals surface area contributed by atoms with E-state index >= 15 is 0 Å². The van der Waals surface area contributed by atoms with E-state index < -0.39 is 28.5 Å². The number of anilines is 1. The molecule has 0 fully saturated rings. The van der Waals surface area contributed by atoms with E-state index in [1.807, 2.05) is 20.8 Å². The third-order valence-electron chi connectivity index (χ3n) is 6.38. The van der Waals surface area contributed by atoms with Crippen LogP contribution in [-0.2, 0) is 26.2 Å². The van der Waals surface area contributed by atoms with Gasteiger partial charge in [-0.2, -0.15) is 0 Å². The topological polar surface area (TPSA) is 96.0 Å². The first-order valence-electron chi connectivity index (χ1n) is 13.7. The SMILES string of the molecule is CCOc1ccccc1N(CC(=O)N(Cc1ccc(Cl)cc1)C(CC)C(=O)NCC(C)C)S(=O)(=O)c1ccccc1. The molecule has 0 bridgehead atoms. The van der Waals surface area contributed by atoms with Crippen molar-refractivity contribution in [1.29, 1.82) is 0 Å². The van der Waals surface area contributed by atoms with Crippen molar-refractivity contribution in [2.45, 2.75) is 51.6 Å². The van der Waals surface area contributed by atoms with E-state index in [-0.39, 0.29) is 29.0 Å². The zero-order chi connectivity index (χ0) is 30.0. The van der Waals surface area contributed by atoms with Gasteiger partial charge in [0.25, 0.3) is 10.0 Å². The highest BCUT2D eigenvalue weighted by molar-refractivity contribution is 7.92. The molecule has 10 heteroatoms. The first-order valence-corrected chi connectivity index (χ1v) is 15.5. The summed E-state index contributed by atoms with van der Waals surface area (Å²) >= 11 is 6.08. The van der Waals surface area contributed by atoms with E-state index in [0.717, 1.165) is 9.87 Å². The molecule has 41 heavy (non-hydrogen) atoms. The summed E-state index contributed by atoms with van der Waals surface area (Å²) in [6, 6.07) is 20.8. The third-order valence-corrected chi connectivity index (χ3v) is 8.41. The molecule has 0 aliphatic heterocycles. The Morgan fingerprint density at radius 3 is 2.17 bits per heavy atom. The van der Waals surface area contributed by atoms with Crippen LogP contribution in [0.4, 0.5) is 5.69 Å². The zero-order valence-corrected chi connectivity index (χ0v) is 25.5. The van der Waals surface area contributed by atoms with Crippen LogP contribution < -0.4 is 14.4 Å². The van der Waals surface area contributed by atoms with Gasteiger partial charge in [-0.1, -0.05) is 74.8 Å². The molecular weight excluding hydrogens is 562 g/mol. The highest BCUT2D eigenvalue weighted by Crippen LogP contribution is 2.33. The maximum atomic E-state index is 14.2. The fourth-order valence-corrected chi connectivity index (χ4v) is 5.87. The molecule has 3 rings (SSSR count). The number of rotatable bonds is 14. The van der Waals surface area contributed by atoms with Gasteiger partial charge in [-0.15, -0.1) is 0 Å². The monoisotopic (exact) mass is 599 g/mol. The Morgan fingerprint density at radius 2 is 1.56 bits per heavy atom. The lowest BCUT2D eigenvalue weighted by molar-refractivity contribution is -0.140. The average molecular weight is 600 g/mol. The average Bonchev–Trinajstić information content (AvgIpc) is 2.96. The second-order valence-electron chi connectivity index (χ2n) is 9.94. The summed E-state index contributed by atoms with van der Waals surface area (Å²) in [5, 5.41) is 3.47. The van der Waals surface area contributed by atoms with Crippen LogP contribution in [0.5, 0.6) is 5.75 Å². The van der Waals surface area contributed by atoms with Crippen molar-refractivity contribution in [3.05, 3.63) is 89.4 Å². The molecule has 0 heterocycles. The summed E-state index contributed by atoms with van der Waals surface area (Å²) < 4.78 is 34.8. The number of benzene rings is 3. The Hall–Kier alpha value is -3.56. The summed E-state index contributed by atoms with van der Waals surface area (Å²) in [7, 11) is -4.19. The number of carbonyl (C=O) groups excluding carboxylic acids is 2. The fraction of sp³-hybridized carbons (Fsp3) is 0.355. The van der Waals surface area contributed by atoms with E-state index in [1.165, 1.54) is 17.0 Å². The summed E-state index contributed by atoms with van der Waals surface area (Å²) in [6.45, 7) is 7.91. The van der Waals surface area contributed by atoms with Crippen LogP contribution in [0.2, 0.25) is 5.02 Å². The quantitative estimate of drug-likeness (QED) is 0.263. The second-order valence-corrected chi connectivity index (χ2v) is 12.2. The van der Waals surface area contributed by atoms with Gasteiger partial charge < -0.3 is 15.0 Å². The Morgan fingerprint density at radius 1 is 0.927 bits per heavy atom. The number of para-hydroxylation sites is 2. The molecule has 0 saturated carbocycles. The Labute approximate surface area is 248 Å². The molecule has 1 N–H and O–H groups in total. The van der Waals surface area contributed by atoms with Crippen molar-refractivity contribution in [1.82, 2.24) is 10.2 Å². The van der Waals surface area contributed by atoms with Crippen molar-refractivity contribution in [2.24, 2.45) is 5.92 Å². The van der Waals surface area contributed by atoms with E-state index in [4.69, 9.17) is 16.3 Å². The molecule has 1 unspecified atom stereocenters. The molecule has 0 spiro atoms. The number of sulfonamides is 1. The van der Waals surface area contributed by atoms with E-state index in [2.05, 4.69) is 5.32 Å². The molecule has 0 aliphatic carbocycles. The first kappa shape index (κ1) is 32.0. The van der Waals surface area contributed by atoms with E-state index in [0.29, 0.717) is 30.3 Å². The number of hydrogen-bond donors (Lipinski definition) is 1. The van der Waals surface area contributed by atoms with Crippen LogP contribution in [0, 0.1) is 5.92 Å². The van der Waals surface area contributed by atoms with Gasteiger partial charge >= 0.3 is 0 Å². The largest absolute Gasteiger partial charge is 0.492 e. The molecule has 0 radical (unpaired) electrons. The van der Waals surface area contributed by atoms with Crippen LogP contribution >= 0.6 is 11.6 Å². The fourth-order valence-electron chi connectivity index (χ4n) is 4.30. The molecule has 1 atom stereocenters. The molecular formula is C31H38ClN3O5S. The maximum absolute atomic E-state index is 14.2. The summed E-state index contributed by atoms with van der Waals surface area (Å²) in [6.07, 6.45) is 0.338. The van der Waals surface area contributed by atoms with Crippen molar-refractivity contribution in [3.63, 3.8) is 0 Å². The van der Waals surface area contributed by atoms with Gasteiger partial charge in [0.2, 0.25) is 11.8 Å². The molecule has 0 aromatic heterocycles. The molecule has 3 aromatic rings.